The highest BCUT2D eigenvalue weighted by molar-refractivity contribution is 5.28. The molecule has 2 atom stereocenters. The van der Waals surface area contributed by atoms with E-state index >= 15 is 0 Å². The predicted molar refractivity (Wildman–Crippen MR) is 60.6 cm³/mol. The Bertz CT molecular complexity index is 361. The lowest BCUT2D eigenvalue weighted by Gasteiger charge is -2.09. The summed E-state index contributed by atoms with van der Waals surface area (Å²) in [6.45, 7) is 3.31. The van der Waals surface area contributed by atoms with Crippen LogP contribution in [0.15, 0.2) is 24.3 Å². The van der Waals surface area contributed by atoms with E-state index in [-0.39, 0.29) is 0 Å². The summed E-state index contributed by atoms with van der Waals surface area (Å²) in [6.07, 6.45) is 1.73. The first-order valence-electron chi connectivity index (χ1n) is 5.49. The van der Waals surface area contributed by atoms with Crippen LogP contribution in [-0.2, 0) is 6.42 Å². The van der Waals surface area contributed by atoms with Crippen molar-refractivity contribution >= 4 is 0 Å². The second-order valence-corrected chi connectivity index (χ2v) is 4.32. The molecule has 2 nitrogen and oxygen atoms in total. The average Bonchev–Trinajstić information content (AvgIpc) is 2.67. The Hall–Kier alpha value is -1.33. The number of nitrogens with zero attached hydrogens (tertiary/aromatic N) is 1. The number of nitriles is 1. The maximum Gasteiger partial charge on any atom is 0.0669 e. The summed E-state index contributed by atoms with van der Waals surface area (Å²) in [4.78, 5) is 0. The molecule has 15 heavy (non-hydrogen) atoms. The minimum Gasteiger partial charge on any atom is -0.314 e. The third-order valence-corrected chi connectivity index (χ3v) is 3.09. The Morgan fingerprint density at radius 3 is 2.67 bits per heavy atom. The highest BCUT2D eigenvalue weighted by Gasteiger charge is 2.21. The van der Waals surface area contributed by atoms with Crippen LogP contribution in [0.5, 0.6) is 0 Å². The van der Waals surface area contributed by atoms with Gasteiger partial charge in [-0.3, -0.25) is 0 Å². The fourth-order valence-corrected chi connectivity index (χ4v) is 2.19. The van der Waals surface area contributed by atoms with Crippen molar-refractivity contribution in [3.05, 3.63) is 35.4 Å². The van der Waals surface area contributed by atoms with E-state index in [9.17, 15) is 0 Å². The molecule has 1 aliphatic rings. The van der Waals surface area contributed by atoms with Crippen LogP contribution in [0.2, 0.25) is 0 Å². The zero-order valence-electron chi connectivity index (χ0n) is 9.03. The quantitative estimate of drug-likeness (QED) is 0.794. The predicted octanol–water partition coefficient (Wildman–Crippen LogP) is 2.22. The molecule has 0 aromatic heterocycles. The maximum absolute atomic E-state index is 8.58. The molecule has 1 fully saturated rings. The van der Waals surface area contributed by atoms with Gasteiger partial charge in [0.25, 0.3) is 0 Å². The highest BCUT2D eigenvalue weighted by Crippen LogP contribution is 2.25. The van der Waals surface area contributed by atoms with Gasteiger partial charge in [-0.05, 0) is 30.4 Å². The number of hydrogen-bond acceptors (Lipinski definition) is 2. The van der Waals surface area contributed by atoms with Gasteiger partial charge in [-0.15, -0.1) is 0 Å². The van der Waals surface area contributed by atoms with E-state index in [1.807, 2.05) is 0 Å². The lowest BCUT2D eigenvalue weighted by Crippen LogP contribution is -2.16. The van der Waals surface area contributed by atoms with Gasteiger partial charge in [0.15, 0.2) is 0 Å². The first kappa shape index (κ1) is 10.2. The molecule has 0 radical (unpaired) electrons. The minimum absolute atomic E-state index is 0.513. The van der Waals surface area contributed by atoms with Crippen LogP contribution in [0.3, 0.4) is 0 Å². The van der Waals surface area contributed by atoms with Crippen LogP contribution in [-0.4, -0.2) is 12.6 Å². The van der Waals surface area contributed by atoms with Crippen molar-refractivity contribution in [3.8, 4) is 6.07 Å². The second-order valence-electron chi connectivity index (χ2n) is 4.32. The van der Waals surface area contributed by atoms with Crippen LogP contribution in [0, 0.1) is 11.3 Å². The molecule has 2 unspecified atom stereocenters. The molecule has 0 bridgehead atoms. The molecule has 0 saturated carbocycles. The Kier molecular flexibility index (Phi) is 3.03. The summed E-state index contributed by atoms with van der Waals surface area (Å²) in [6, 6.07) is 11.3. The summed E-state index contributed by atoms with van der Waals surface area (Å²) in [7, 11) is 0. The lowest BCUT2D eigenvalue weighted by molar-refractivity contribution is 0.658. The van der Waals surface area contributed by atoms with Gasteiger partial charge < -0.3 is 5.32 Å². The van der Waals surface area contributed by atoms with Crippen LogP contribution < -0.4 is 5.32 Å². The third-order valence-electron chi connectivity index (χ3n) is 3.09. The maximum atomic E-state index is 8.58. The smallest absolute Gasteiger partial charge is 0.0669 e. The molecule has 1 aliphatic heterocycles. The molecule has 1 aromatic carbocycles. The van der Waals surface area contributed by atoms with E-state index in [0.717, 1.165) is 12.1 Å². The van der Waals surface area contributed by atoms with Crippen molar-refractivity contribution < 1.29 is 0 Å². The van der Waals surface area contributed by atoms with Gasteiger partial charge in [-0.1, -0.05) is 24.3 Å². The van der Waals surface area contributed by atoms with Gasteiger partial charge in [0.2, 0.25) is 0 Å². The molecule has 1 heterocycles. The van der Waals surface area contributed by atoms with Crippen molar-refractivity contribution in [2.75, 3.05) is 6.54 Å². The van der Waals surface area contributed by atoms with Crippen molar-refractivity contribution in [2.24, 2.45) is 0 Å². The van der Waals surface area contributed by atoms with Gasteiger partial charge >= 0.3 is 0 Å². The van der Waals surface area contributed by atoms with E-state index in [1.165, 1.54) is 12.0 Å². The zero-order valence-corrected chi connectivity index (χ0v) is 9.03. The van der Waals surface area contributed by atoms with Gasteiger partial charge in [0, 0.05) is 12.6 Å². The highest BCUT2D eigenvalue weighted by atomic mass is 14.9. The number of hydrogen-bond donors (Lipinski definition) is 1. The summed E-state index contributed by atoms with van der Waals surface area (Å²) in [5.74, 6) is 0.649. The molecular formula is C13H16N2. The first-order chi connectivity index (χ1) is 7.29. The topological polar surface area (TPSA) is 35.8 Å². The Morgan fingerprint density at radius 2 is 2.13 bits per heavy atom. The normalized spacial score (nSPS) is 25.1. The van der Waals surface area contributed by atoms with Crippen LogP contribution in [0.4, 0.5) is 0 Å². The van der Waals surface area contributed by atoms with Gasteiger partial charge in [-0.2, -0.15) is 5.26 Å². The largest absolute Gasteiger partial charge is 0.314 e. The fourth-order valence-electron chi connectivity index (χ4n) is 2.19. The third kappa shape index (κ3) is 2.37. The minimum atomic E-state index is 0.513. The standard InChI is InChI=1S/C13H16N2/c1-10-8-13(9-15-10)12-4-2-11(3-5-12)6-7-14/h2-5,10,13,15H,6,8-9H2,1H3. The van der Waals surface area contributed by atoms with Crippen molar-refractivity contribution in [1.29, 1.82) is 5.26 Å². The Morgan fingerprint density at radius 1 is 1.40 bits per heavy atom. The molecule has 2 rings (SSSR count). The Labute approximate surface area is 90.9 Å². The van der Waals surface area contributed by atoms with Crippen molar-refractivity contribution in [3.63, 3.8) is 0 Å². The van der Waals surface area contributed by atoms with E-state index in [1.54, 1.807) is 0 Å². The number of benzene rings is 1. The van der Waals surface area contributed by atoms with Gasteiger partial charge in [0.05, 0.1) is 12.5 Å². The van der Waals surface area contributed by atoms with Crippen molar-refractivity contribution in [1.82, 2.24) is 5.32 Å². The zero-order chi connectivity index (χ0) is 10.7. The Balaban J connectivity index is 2.07. The molecular weight excluding hydrogens is 184 g/mol. The average molecular weight is 200 g/mol. The molecule has 2 heteroatoms. The van der Waals surface area contributed by atoms with Gasteiger partial charge in [-0.25, -0.2) is 0 Å². The van der Waals surface area contributed by atoms with Crippen LogP contribution in [0.25, 0.3) is 0 Å². The molecule has 0 aliphatic carbocycles. The molecule has 1 aromatic rings. The summed E-state index contributed by atoms with van der Waals surface area (Å²) >= 11 is 0. The molecule has 0 spiro atoms. The fraction of sp³-hybridized carbons (Fsp3) is 0.462. The van der Waals surface area contributed by atoms with E-state index in [4.69, 9.17) is 5.26 Å². The van der Waals surface area contributed by atoms with Crippen molar-refractivity contribution in [2.45, 2.75) is 31.7 Å². The molecule has 1 saturated heterocycles. The monoisotopic (exact) mass is 200 g/mol. The van der Waals surface area contributed by atoms with E-state index in [2.05, 4.69) is 42.6 Å². The molecule has 1 N–H and O–H groups in total. The molecule has 0 amide bonds. The summed E-state index contributed by atoms with van der Waals surface area (Å²) in [5, 5.41) is 12.0. The van der Waals surface area contributed by atoms with E-state index in [0.29, 0.717) is 18.4 Å². The SMILES string of the molecule is CC1CC(c2ccc(CC#N)cc2)CN1. The van der Waals surface area contributed by atoms with Crippen LogP contribution >= 0.6 is 0 Å². The lowest BCUT2D eigenvalue weighted by atomic mass is 9.95. The summed E-state index contributed by atoms with van der Waals surface area (Å²) < 4.78 is 0. The van der Waals surface area contributed by atoms with E-state index < -0.39 is 0 Å². The van der Waals surface area contributed by atoms with Gasteiger partial charge in [0.1, 0.15) is 0 Å². The second kappa shape index (κ2) is 4.46. The number of rotatable bonds is 2. The summed E-state index contributed by atoms with van der Waals surface area (Å²) in [5.41, 5.74) is 2.51. The number of nitrogens with one attached hydrogen (secondary N) is 1. The molecule has 78 valence electrons. The van der Waals surface area contributed by atoms with Crippen LogP contribution in [0.1, 0.15) is 30.4 Å². The first-order valence-corrected chi connectivity index (χ1v) is 5.49.